The minimum absolute atomic E-state index is 1.01. The van der Waals surface area contributed by atoms with Gasteiger partial charge >= 0.3 is 0 Å². The Morgan fingerprint density at radius 1 is 0.444 bits per heavy atom. The van der Waals surface area contributed by atoms with E-state index in [-0.39, 0.29) is 0 Å². The van der Waals surface area contributed by atoms with Gasteiger partial charge in [0.05, 0.1) is 0 Å². The Morgan fingerprint density at radius 2 is 0.822 bits per heavy atom. The van der Waals surface area contributed by atoms with Gasteiger partial charge < -0.3 is 5.53 Å². The Balaban J connectivity index is 1.68. The van der Waals surface area contributed by atoms with Crippen molar-refractivity contribution in [2.45, 2.75) is 176 Å². The van der Waals surface area contributed by atoms with E-state index in [9.17, 15) is 5.53 Å². The van der Waals surface area contributed by atoms with Crippen LogP contribution in [-0.2, 0) is 12.8 Å². The van der Waals surface area contributed by atoms with E-state index >= 15 is 0 Å². The van der Waals surface area contributed by atoms with Crippen molar-refractivity contribution in [2.24, 2.45) is 0 Å². The van der Waals surface area contributed by atoms with Crippen LogP contribution in [0.1, 0.15) is 183 Å². The first kappa shape index (κ1) is 37.0. The SMILES string of the molecule is CCCCCCCCCCCCCCCCCC1=C(c2cc(C)cc(C)c2)[N+](=[N-])C(c2cc(CC)cc(CC)c2)=C1CCCC. The quantitative estimate of drug-likeness (QED) is 0.0883. The van der Waals surface area contributed by atoms with E-state index in [1.165, 1.54) is 135 Å². The monoisotopic (exact) mass is 611 g/mol. The molecule has 0 unspecified atom stereocenters. The molecule has 0 saturated carbocycles. The van der Waals surface area contributed by atoms with Gasteiger partial charge in [-0.15, -0.1) is 0 Å². The van der Waals surface area contributed by atoms with Crippen molar-refractivity contribution >= 4 is 11.4 Å². The summed E-state index contributed by atoms with van der Waals surface area (Å²) in [6.45, 7) is 13.4. The Morgan fingerprint density at radius 3 is 1.24 bits per heavy atom. The molecule has 0 atom stereocenters. The molecule has 0 spiro atoms. The summed E-state index contributed by atoms with van der Waals surface area (Å²) in [5, 5.41) is 0. The molecule has 1 aliphatic rings. The molecule has 248 valence electrons. The molecule has 0 fully saturated rings. The van der Waals surface area contributed by atoms with Crippen molar-refractivity contribution in [2.75, 3.05) is 0 Å². The molecule has 2 heteroatoms. The number of hydrogen-bond acceptors (Lipinski definition) is 0. The topological polar surface area (TPSA) is 25.3 Å². The molecule has 2 aromatic rings. The predicted octanol–water partition coefficient (Wildman–Crippen LogP) is 14.1. The third kappa shape index (κ3) is 11.7. The molecule has 0 N–H and O–H groups in total. The van der Waals surface area contributed by atoms with Crippen LogP contribution in [0.5, 0.6) is 0 Å². The minimum Gasteiger partial charge on any atom is -0.493 e. The Kier molecular flexibility index (Phi) is 16.9. The third-order valence-corrected chi connectivity index (χ3v) is 9.81. The van der Waals surface area contributed by atoms with Crippen molar-refractivity contribution < 1.29 is 4.70 Å². The van der Waals surface area contributed by atoms with E-state index < -0.39 is 0 Å². The summed E-state index contributed by atoms with van der Waals surface area (Å²) >= 11 is 0. The van der Waals surface area contributed by atoms with Crippen molar-refractivity contribution in [1.82, 2.24) is 0 Å². The number of aryl methyl sites for hydroxylation is 4. The highest BCUT2D eigenvalue weighted by atomic mass is 15.2. The molecular weight excluding hydrogens is 544 g/mol. The number of hydrogen-bond donors (Lipinski definition) is 0. The van der Waals surface area contributed by atoms with Gasteiger partial charge in [0.25, 0.3) is 0 Å². The summed E-state index contributed by atoms with van der Waals surface area (Å²) in [5.41, 5.74) is 24.4. The van der Waals surface area contributed by atoms with Crippen molar-refractivity contribution in [3.8, 4) is 0 Å². The van der Waals surface area contributed by atoms with E-state index in [0.29, 0.717) is 0 Å². The second-order valence-corrected chi connectivity index (χ2v) is 13.9. The minimum atomic E-state index is 1.01. The molecule has 0 aliphatic carbocycles. The zero-order valence-corrected chi connectivity index (χ0v) is 30.2. The predicted molar refractivity (Wildman–Crippen MR) is 198 cm³/mol. The average Bonchev–Trinajstić information content (AvgIpc) is 3.31. The maximum absolute atomic E-state index is 12.0. The summed E-state index contributed by atoms with van der Waals surface area (Å²) < 4.78 is 1.58. The molecule has 45 heavy (non-hydrogen) atoms. The second kappa shape index (κ2) is 20.6. The molecular formula is C43H66N2. The van der Waals surface area contributed by atoms with Crippen molar-refractivity contribution in [1.29, 1.82) is 0 Å². The van der Waals surface area contributed by atoms with Gasteiger partial charge in [-0.05, 0) is 87.8 Å². The molecule has 1 aliphatic heterocycles. The largest absolute Gasteiger partial charge is 0.493 e. The van der Waals surface area contributed by atoms with Crippen LogP contribution >= 0.6 is 0 Å². The van der Waals surface area contributed by atoms with Crippen LogP contribution in [0.2, 0.25) is 0 Å². The lowest BCUT2D eigenvalue weighted by molar-refractivity contribution is -0.345. The van der Waals surface area contributed by atoms with Gasteiger partial charge in [0, 0.05) is 22.3 Å². The van der Waals surface area contributed by atoms with Crippen LogP contribution in [-0.4, -0.2) is 4.70 Å². The number of unbranched alkanes of at least 4 members (excludes halogenated alkanes) is 15. The zero-order chi connectivity index (χ0) is 32.4. The number of nitrogens with zero attached hydrogens (tertiary/aromatic N) is 2. The normalized spacial score (nSPS) is 13.5. The lowest BCUT2D eigenvalue weighted by atomic mass is 9.90. The lowest BCUT2D eigenvalue weighted by Gasteiger charge is -2.13. The van der Waals surface area contributed by atoms with E-state index in [0.717, 1.165) is 55.5 Å². The Hall–Kier alpha value is -2.48. The van der Waals surface area contributed by atoms with Crippen LogP contribution < -0.4 is 0 Å². The van der Waals surface area contributed by atoms with Crippen LogP contribution in [0.15, 0.2) is 47.5 Å². The van der Waals surface area contributed by atoms with Gasteiger partial charge in [-0.2, -0.15) is 0 Å². The smallest absolute Gasteiger partial charge is 0.211 e. The molecule has 1 heterocycles. The molecule has 0 aromatic heterocycles. The van der Waals surface area contributed by atoms with Crippen LogP contribution in [0.25, 0.3) is 16.9 Å². The standard InChI is InChI=1S/C43H66N2/c1-7-11-13-14-15-16-17-18-19-20-21-22-23-24-25-27-41-40(26-12-8-2)43(39-32-36(9-3)31-37(10-4)33-39)45(44)42(41)38-29-34(5)28-35(6)30-38/h28-33H,7-27H2,1-6H3. The number of benzene rings is 2. The molecule has 0 amide bonds. The summed E-state index contributed by atoms with van der Waals surface area (Å²) in [6.07, 6.45) is 27.1. The highest BCUT2D eigenvalue weighted by molar-refractivity contribution is 5.82. The molecule has 2 nitrogen and oxygen atoms in total. The van der Waals surface area contributed by atoms with Crippen molar-refractivity contribution in [3.05, 3.63) is 86.5 Å². The van der Waals surface area contributed by atoms with Crippen molar-refractivity contribution in [3.63, 3.8) is 0 Å². The summed E-state index contributed by atoms with van der Waals surface area (Å²) in [7, 11) is 0. The first-order valence-corrected chi connectivity index (χ1v) is 19.1. The fraction of sp³-hybridized carbons (Fsp3) is 0.628. The number of allylic oxidation sites excluding steroid dienone is 2. The first-order valence-electron chi connectivity index (χ1n) is 19.1. The summed E-state index contributed by atoms with van der Waals surface area (Å²) in [6, 6.07) is 13.7. The Bertz CT molecular complexity index is 1220. The maximum Gasteiger partial charge on any atom is 0.211 e. The van der Waals surface area contributed by atoms with E-state index in [1.807, 2.05) is 0 Å². The average molecular weight is 611 g/mol. The highest BCUT2D eigenvalue weighted by Gasteiger charge is 2.35. The molecule has 0 radical (unpaired) electrons. The van der Waals surface area contributed by atoms with E-state index in [2.05, 4.69) is 77.9 Å². The van der Waals surface area contributed by atoms with Crippen LogP contribution in [0, 0.1) is 13.8 Å². The van der Waals surface area contributed by atoms with Gasteiger partial charge in [-0.1, -0.05) is 147 Å². The molecule has 3 rings (SSSR count). The van der Waals surface area contributed by atoms with Crippen LogP contribution in [0.3, 0.4) is 0 Å². The third-order valence-electron chi connectivity index (χ3n) is 9.81. The van der Waals surface area contributed by atoms with Gasteiger partial charge in [-0.3, -0.25) is 0 Å². The first-order chi connectivity index (χ1) is 21.9. The van der Waals surface area contributed by atoms with E-state index in [4.69, 9.17) is 0 Å². The van der Waals surface area contributed by atoms with Gasteiger partial charge in [0.15, 0.2) is 0 Å². The van der Waals surface area contributed by atoms with Gasteiger partial charge in [0.1, 0.15) is 0 Å². The molecule has 2 aromatic carbocycles. The zero-order valence-electron chi connectivity index (χ0n) is 30.2. The lowest BCUT2D eigenvalue weighted by Crippen LogP contribution is -2.04. The fourth-order valence-electron chi connectivity index (χ4n) is 7.23. The maximum atomic E-state index is 12.0. The fourth-order valence-corrected chi connectivity index (χ4v) is 7.23. The molecule has 0 bridgehead atoms. The Labute approximate surface area is 278 Å². The van der Waals surface area contributed by atoms with Gasteiger partial charge in [0.2, 0.25) is 11.4 Å². The van der Waals surface area contributed by atoms with E-state index in [1.54, 1.807) is 4.70 Å². The molecule has 0 saturated heterocycles. The highest BCUT2D eigenvalue weighted by Crippen LogP contribution is 2.45. The number of rotatable bonds is 23. The summed E-state index contributed by atoms with van der Waals surface area (Å²) in [5.74, 6) is 0. The van der Waals surface area contributed by atoms with Crippen LogP contribution in [0.4, 0.5) is 0 Å². The summed E-state index contributed by atoms with van der Waals surface area (Å²) in [4.78, 5) is 0. The second-order valence-electron chi connectivity index (χ2n) is 13.9. The van der Waals surface area contributed by atoms with Gasteiger partial charge in [-0.25, -0.2) is 4.70 Å².